The molecule has 1 atom stereocenters. The molecule has 7 nitrogen and oxygen atoms in total. The lowest BCUT2D eigenvalue weighted by atomic mass is 9.98. The molecular weight excluding hydrogens is 407 g/mol. The van der Waals surface area contributed by atoms with Crippen LogP contribution in [0.3, 0.4) is 0 Å². The fourth-order valence-corrected chi connectivity index (χ4v) is 4.19. The number of nitrogens with zero attached hydrogens (tertiary/aromatic N) is 3. The number of alkyl halides is 3. The van der Waals surface area contributed by atoms with Crippen LogP contribution in [0.1, 0.15) is 17.1 Å². The van der Waals surface area contributed by atoms with Crippen LogP contribution in [-0.2, 0) is 20.2 Å². The van der Waals surface area contributed by atoms with Gasteiger partial charge >= 0.3 is 6.18 Å². The first kappa shape index (κ1) is 22.1. The zero-order chi connectivity index (χ0) is 20.5. The van der Waals surface area contributed by atoms with Crippen LogP contribution in [0.25, 0.3) is 0 Å². The van der Waals surface area contributed by atoms with Crippen LogP contribution in [0.15, 0.2) is 5.38 Å². The lowest BCUT2D eigenvalue weighted by Gasteiger charge is -2.36. The van der Waals surface area contributed by atoms with Crippen molar-refractivity contribution in [2.45, 2.75) is 25.1 Å². The van der Waals surface area contributed by atoms with Crippen LogP contribution in [-0.4, -0.2) is 85.1 Å². The summed E-state index contributed by atoms with van der Waals surface area (Å²) in [4.78, 5) is 19.2. The van der Waals surface area contributed by atoms with E-state index in [1.54, 1.807) is 0 Å². The van der Waals surface area contributed by atoms with Crippen molar-refractivity contribution in [1.29, 1.82) is 0 Å². The minimum atomic E-state index is -5.04. The third kappa shape index (κ3) is 5.62. The van der Waals surface area contributed by atoms with Gasteiger partial charge in [-0.05, 0) is 6.92 Å². The average molecular weight is 429 g/mol. The molecule has 0 bridgehead atoms. The van der Waals surface area contributed by atoms with Gasteiger partial charge in [0.05, 0.1) is 12.2 Å². The highest BCUT2D eigenvalue weighted by Crippen LogP contribution is 2.43. The molecular formula is C15H22F3N3O4S2. The molecule has 27 heavy (non-hydrogen) atoms. The van der Waals surface area contributed by atoms with E-state index in [9.17, 15) is 31.5 Å². The van der Waals surface area contributed by atoms with Gasteiger partial charge < -0.3 is 10.0 Å². The third-order valence-corrected chi connectivity index (χ3v) is 6.39. The van der Waals surface area contributed by atoms with Crippen molar-refractivity contribution >= 4 is 27.1 Å². The number of aryl methyl sites for hydroxylation is 1. The zero-order valence-corrected chi connectivity index (χ0v) is 16.6. The second kappa shape index (κ2) is 8.02. The maximum atomic E-state index is 13.5. The van der Waals surface area contributed by atoms with E-state index < -0.39 is 39.0 Å². The van der Waals surface area contributed by atoms with E-state index in [1.807, 2.05) is 4.90 Å². The number of amides is 1. The summed E-state index contributed by atoms with van der Waals surface area (Å²) in [6, 6.07) is 0. The summed E-state index contributed by atoms with van der Waals surface area (Å²) < 4.78 is 62.9. The summed E-state index contributed by atoms with van der Waals surface area (Å²) >= 11 is 0.664. The first-order valence-electron chi connectivity index (χ1n) is 8.21. The molecule has 12 heteroatoms. The van der Waals surface area contributed by atoms with Gasteiger partial charge in [0.25, 0.3) is 0 Å². The predicted molar refractivity (Wildman–Crippen MR) is 94.2 cm³/mol. The molecule has 2 heterocycles. The second-order valence-corrected chi connectivity index (χ2v) is 9.80. The van der Waals surface area contributed by atoms with Gasteiger partial charge in [-0.1, -0.05) is 0 Å². The van der Waals surface area contributed by atoms with Gasteiger partial charge in [-0.3, -0.25) is 9.69 Å². The van der Waals surface area contributed by atoms with E-state index >= 15 is 0 Å². The highest BCUT2D eigenvalue weighted by molar-refractivity contribution is 7.90. The highest BCUT2D eigenvalue weighted by atomic mass is 32.2. The van der Waals surface area contributed by atoms with Crippen molar-refractivity contribution in [1.82, 2.24) is 14.8 Å². The Morgan fingerprint density at radius 2 is 1.89 bits per heavy atom. The lowest BCUT2D eigenvalue weighted by Crippen LogP contribution is -2.52. The van der Waals surface area contributed by atoms with Crippen LogP contribution in [0.2, 0.25) is 0 Å². The van der Waals surface area contributed by atoms with E-state index in [1.165, 1.54) is 17.2 Å². The first-order valence-corrected chi connectivity index (χ1v) is 11.2. The van der Waals surface area contributed by atoms with Crippen molar-refractivity contribution < 1.29 is 31.5 Å². The maximum Gasteiger partial charge on any atom is 0.424 e. The molecule has 2 rings (SSSR count). The average Bonchev–Trinajstić information content (AvgIpc) is 2.98. The number of carbonyl (C=O) groups excluding carboxylic acids is 1. The summed E-state index contributed by atoms with van der Waals surface area (Å²) in [7, 11) is -3.11. The standard InChI is InChI=1S/C15H22F3N3O4S2/c1-11-10-26-13(19-11)14(23,15(16,17)18)9-12(22)21-5-3-20(4-6-21)7-8-27(2,24)25/h10,23H,3-9H2,1-2H3. The third-order valence-electron chi connectivity index (χ3n) is 4.35. The number of carbonyl (C=O) groups is 1. The van der Waals surface area contributed by atoms with Crippen molar-refractivity contribution in [2.24, 2.45) is 0 Å². The molecule has 1 fully saturated rings. The summed E-state index contributed by atoms with van der Waals surface area (Å²) in [5.74, 6) is -0.830. The largest absolute Gasteiger partial charge is 0.424 e. The number of halogens is 3. The number of rotatable bonds is 6. The van der Waals surface area contributed by atoms with Gasteiger partial charge in [0, 0.05) is 50.1 Å². The van der Waals surface area contributed by atoms with Gasteiger partial charge in [-0.15, -0.1) is 11.3 Å². The molecule has 0 spiro atoms. The first-order chi connectivity index (χ1) is 12.3. The normalized spacial score (nSPS) is 19.1. The molecule has 1 aliphatic rings. The van der Waals surface area contributed by atoms with Crippen LogP contribution >= 0.6 is 11.3 Å². The monoisotopic (exact) mass is 429 g/mol. The highest BCUT2D eigenvalue weighted by Gasteiger charge is 2.58. The van der Waals surface area contributed by atoms with E-state index in [-0.39, 0.29) is 18.8 Å². The van der Waals surface area contributed by atoms with E-state index in [0.29, 0.717) is 36.7 Å². The molecule has 1 saturated heterocycles. The molecule has 1 aromatic heterocycles. The van der Waals surface area contributed by atoms with Gasteiger partial charge in [-0.2, -0.15) is 13.2 Å². The second-order valence-electron chi connectivity index (χ2n) is 6.68. The summed E-state index contributed by atoms with van der Waals surface area (Å²) in [5.41, 5.74) is -2.99. The molecule has 0 saturated carbocycles. The molecule has 1 unspecified atom stereocenters. The van der Waals surface area contributed by atoms with Gasteiger partial charge in [0.15, 0.2) is 0 Å². The summed E-state index contributed by atoms with van der Waals surface area (Å²) in [6.07, 6.45) is -5.04. The number of sulfone groups is 1. The summed E-state index contributed by atoms with van der Waals surface area (Å²) in [6.45, 7) is 2.89. The SMILES string of the molecule is Cc1csc(C(O)(CC(=O)N2CCN(CCS(C)(=O)=O)CC2)C(F)(F)F)n1. The Balaban J connectivity index is 2.01. The van der Waals surface area contributed by atoms with Gasteiger partial charge in [0.2, 0.25) is 11.5 Å². The molecule has 154 valence electrons. The van der Waals surface area contributed by atoms with Crippen LogP contribution in [0.5, 0.6) is 0 Å². The Labute approximate surface area is 159 Å². The molecule has 1 amide bonds. The predicted octanol–water partition coefficient (Wildman–Crippen LogP) is 0.780. The summed E-state index contributed by atoms with van der Waals surface area (Å²) in [5, 5.41) is 11.1. The van der Waals surface area contributed by atoms with E-state index in [4.69, 9.17) is 0 Å². The number of aliphatic hydroxyl groups is 1. The molecule has 0 aromatic carbocycles. The number of hydrogen-bond acceptors (Lipinski definition) is 7. The number of hydrogen-bond donors (Lipinski definition) is 1. The minimum Gasteiger partial charge on any atom is -0.374 e. The number of aromatic nitrogens is 1. The molecule has 1 aromatic rings. The van der Waals surface area contributed by atoms with Crippen molar-refractivity contribution in [3.05, 3.63) is 16.1 Å². The fraction of sp³-hybridized carbons (Fsp3) is 0.733. The van der Waals surface area contributed by atoms with E-state index in [2.05, 4.69) is 4.98 Å². The molecule has 1 N–H and O–H groups in total. The lowest BCUT2D eigenvalue weighted by molar-refractivity contribution is -0.268. The Kier molecular flexibility index (Phi) is 6.55. The number of piperazine rings is 1. The topological polar surface area (TPSA) is 90.8 Å². The Morgan fingerprint density at radius 3 is 2.33 bits per heavy atom. The Hall–Kier alpha value is -1.24. The van der Waals surface area contributed by atoms with Crippen LogP contribution in [0, 0.1) is 6.92 Å². The van der Waals surface area contributed by atoms with Crippen molar-refractivity contribution in [3.63, 3.8) is 0 Å². The zero-order valence-electron chi connectivity index (χ0n) is 15.0. The van der Waals surface area contributed by atoms with Crippen molar-refractivity contribution in [3.8, 4) is 0 Å². The molecule has 0 aliphatic carbocycles. The van der Waals surface area contributed by atoms with Crippen molar-refractivity contribution in [2.75, 3.05) is 44.7 Å². The number of thiazole rings is 1. The smallest absolute Gasteiger partial charge is 0.374 e. The Morgan fingerprint density at radius 1 is 1.30 bits per heavy atom. The molecule has 0 radical (unpaired) electrons. The van der Waals surface area contributed by atoms with Crippen LogP contribution < -0.4 is 0 Å². The maximum absolute atomic E-state index is 13.5. The van der Waals surface area contributed by atoms with E-state index in [0.717, 1.165) is 6.26 Å². The van der Waals surface area contributed by atoms with Crippen LogP contribution in [0.4, 0.5) is 13.2 Å². The minimum absolute atomic E-state index is 0.0157. The fourth-order valence-electron chi connectivity index (χ4n) is 2.69. The molecule has 1 aliphatic heterocycles. The Bertz CT molecular complexity index is 774. The van der Waals surface area contributed by atoms with Gasteiger partial charge in [-0.25, -0.2) is 13.4 Å². The quantitative estimate of drug-likeness (QED) is 0.719. The van der Waals surface area contributed by atoms with Gasteiger partial charge in [0.1, 0.15) is 14.8 Å².